The van der Waals surface area contributed by atoms with Gasteiger partial charge in [0.25, 0.3) is 0 Å². The first-order valence-corrected chi connectivity index (χ1v) is 10.9. The third-order valence-corrected chi connectivity index (χ3v) is 5.70. The molecule has 2 atom stereocenters. The van der Waals surface area contributed by atoms with Crippen molar-refractivity contribution in [3.05, 3.63) is 35.4 Å². The Bertz CT molecular complexity index is 716. The van der Waals surface area contributed by atoms with Crippen molar-refractivity contribution in [3.8, 4) is 0 Å². The minimum atomic E-state index is -4.35. The Morgan fingerprint density at radius 2 is 2.03 bits per heavy atom. The summed E-state index contributed by atoms with van der Waals surface area (Å²) in [6, 6.07) is 5.44. The number of rotatable bonds is 6. The molecule has 0 radical (unpaired) electrons. The molecule has 1 aromatic rings. The molecule has 2 heterocycles. The van der Waals surface area contributed by atoms with Gasteiger partial charge < -0.3 is 19.9 Å². The summed E-state index contributed by atoms with van der Waals surface area (Å²) in [6.07, 6.45) is -2.42. The van der Waals surface area contributed by atoms with E-state index in [1.54, 1.807) is 6.07 Å². The molecule has 2 aliphatic rings. The molecule has 0 bridgehead atoms. The number of nitrogens with zero attached hydrogens (tertiary/aromatic N) is 3. The fourth-order valence-corrected chi connectivity index (χ4v) is 4.18. The predicted molar refractivity (Wildman–Crippen MR) is 128 cm³/mol. The van der Waals surface area contributed by atoms with Crippen molar-refractivity contribution in [1.82, 2.24) is 15.1 Å². The van der Waals surface area contributed by atoms with Crippen LogP contribution >= 0.6 is 24.0 Å². The number of alkyl halides is 3. The van der Waals surface area contributed by atoms with Crippen LogP contribution in [0.2, 0.25) is 0 Å². The zero-order chi connectivity index (χ0) is 21.6. The molecule has 0 amide bonds. The van der Waals surface area contributed by atoms with E-state index in [-0.39, 0.29) is 24.0 Å². The lowest BCUT2D eigenvalue weighted by Gasteiger charge is -2.35. The first kappa shape index (κ1) is 26.2. The Hall–Kier alpha value is -1.07. The quantitative estimate of drug-likeness (QED) is 0.322. The summed E-state index contributed by atoms with van der Waals surface area (Å²) < 4.78 is 45.1. The number of ether oxygens (including phenoxy) is 1. The Balaban J connectivity index is 0.00000341. The highest BCUT2D eigenvalue weighted by Gasteiger charge is 2.32. The first-order valence-electron chi connectivity index (χ1n) is 10.9. The van der Waals surface area contributed by atoms with Crippen LogP contribution in [0.1, 0.15) is 43.9 Å². The van der Waals surface area contributed by atoms with Gasteiger partial charge in [0.1, 0.15) is 6.10 Å². The van der Waals surface area contributed by atoms with Crippen molar-refractivity contribution < 1.29 is 17.9 Å². The molecule has 31 heavy (non-hydrogen) atoms. The zero-order valence-electron chi connectivity index (χ0n) is 18.3. The Labute approximate surface area is 200 Å². The van der Waals surface area contributed by atoms with Gasteiger partial charge in [-0.25, -0.2) is 0 Å². The van der Waals surface area contributed by atoms with Crippen LogP contribution in [0.4, 0.5) is 13.2 Å². The number of hydrogen-bond acceptors (Lipinski definition) is 3. The number of aliphatic imine (C=N–C) groups is 1. The number of benzene rings is 1. The Morgan fingerprint density at radius 3 is 2.74 bits per heavy atom. The SMILES string of the molecule is CCCN1CCC(CN=C(NCC)N2CCOC(c3cccc(C(F)(F)F)c3)C2)C1.I. The van der Waals surface area contributed by atoms with E-state index >= 15 is 0 Å². The molecule has 2 unspecified atom stereocenters. The van der Waals surface area contributed by atoms with Crippen molar-refractivity contribution in [1.29, 1.82) is 0 Å². The predicted octanol–water partition coefficient (Wildman–Crippen LogP) is 4.39. The monoisotopic (exact) mass is 554 g/mol. The van der Waals surface area contributed by atoms with Crippen molar-refractivity contribution in [2.45, 2.75) is 39.0 Å². The normalized spacial score (nSPS) is 23.0. The number of halogens is 4. The van der Waals surface area contributed by atoms with Gasteiger partial charge in [-0.05, 0) is 56.5 Å². The van der Waals surface area contributed by atoms with E-state index in [1.165, 1.54) is 25.0 Å². The third-order valence-electron chi connectivity index (χ3n) is 5.70. The van der Waals surface area contributed by atoms with Crippen LogP contribution < -0.4 is 5.32 Å². The number of nitrogens with one attached hydrogen (secondary N) is 1. The molecule has 2 fully saturated rings. The topological polar surface area (TPSA) is 40.1 Å². The third kappa shape index (κ3) is 7.49. The summed E-state index contributed by atoms with van der Waals surface area (Å²) in [5.74, 6) is 1.39. The Kier molecular flexibility index (Phi) is 10.3. The van der Waals surface area contributed by atoms with Gasteiger partial charge in [0.05, 0.1) is 18.7 Å². The van der Waals surface area contributed by atoms with Crippen LogP contribution in [0.3, 0.4) is 0 Å². The molecule has 9 heteroatoms. The average Bonchev–Trinajstić information content (AvgIpc) is 3.18. The van der Waals surface area contributed by atoms with E-state index in [9.17, 15) is 13.2 Å². The standard InChI is InChI=1S/C22H33F3N4O.HI/c1-3-9-28-10-8-17(15-28)14-27-21(26-4-2)29-11-12-30-20(16-29)18-6-5-7-19(13-18)22(23,24)25;/h5-7,13,17,20H,3-4,8-12,14-16H2,1-2H3,(H,26,27);1H. The van der Waals surface area contributed by atoms with Crippen LogP contribution in [0.15, 0.2) is 29.3 Å². The van der Waals surface area contributed by atoms with Gasteiger partial charge in [0, 0.05) is 26.2 Å². The molecule has 5 nitrogen and oxygen atoms in total. The number of hydrogen-bond donors (Lipinski definition) is 1. The van der Waals surface area contributed by atoms with Gasteiger partial charge in [-0.3, -0.25) is 4.99 Å². The van der Waals surface area contributed by atoms with E-state index in [1.807, 2.05) is 6.92 Å². The van der Waals surface area contributed by atoms with E-state index in [4.69, 9.17) is 9.73 Å². The van der Waals surface area contributed by atoms with Gasteiger partial charge >= 0.3 is 6.18 Å². The van der Waals surface area contributed by atoms with Crippen molar-refractivity contribution in [2.75, 3.05) is 52.4 Å². The molecule has 0 aromatic heterocycles. The van der Waals surface area contributed by atoms with Crippen LogP contribution in [-0.4, -0.2) is 68.2 Å². The van der Waals surface area contributed by atoms with Crippen molar-refractivity contribution in [3.63, 3.8) is 0 Å². The Morgan fingerprint density at radius 1 is 1.23 bits per heavy atom. The minimum Gasteiger partial charge on any atom is -0.370 e. The second-order valence-corrected chi connectivity index (χ2v) is 8.08. The smallest absolute Gasteiger partial charge is 0.370 e. The molecule has 176 valence electrons. The van der Waals surface area contributed by atoms with Crippen molar-refractivity contribution >= 4 is 29.9 Å². The fraction of sp³-hybridized carbons (Fsp3) is 0.682. The lowest BCUT2D eigenvalue weighted by atomic mass is 10.0. The molecule has 1 N–H and O–H groups in total. The number of morpholine rings is 1. The van der Waals surface area contributed by atoms with E-state index < -0.39 is 17.8 Å². The molecule has 0 saturated carbocycles. The summed E-state index contributed by atoms with van der Waals surface area (Å²) in [7, 11) is 0. The largest absolute Gasteiger partial charge is 0.416 e. The second-order valence-electron chi connectivity index (χ2n) is 8.08. The highest BCUT2D eigenvalue weighted by atomic mass is 127. The van der Waals surface area contributed by atoms with Crippen LogP contribution in [0.5, 0.6) is 0 Å². The molecule has 0 aliphatic carbocycles. The van der Waals surface area contributed by atoms with E-state index in [0.717, 1.165) is 44.7 Å². The van der Waals surface area contributed by atoms with Gasteiger partial charge in [-0.2, -0.15) is 13.2 Å². The fourth-order valence-electron chi connectivity index (χ4n) is 4.18. The summed E-state index contributed by atoms with van der Waals surface area (Å²) in [5, 5.41) is 3.35. The molecule has 0 spiro atoms. The van der Waals surface area contributed by atoms with Crippen LogP contribution in [0.25, 0.3) is 0 Å². The maximum Gasteiger partial charge on any atom is 0.416 e. The highest BCUT2D eigenvalue weighted by molar-refractivity contribution is 14.0. The van der Waals surface area contributed by atoms with Gasteiger partial charge in [0.15, 0.2) is 5.96 Å². The van der Waals surface area contributed by atoms with E-state index in [2.05, 4.69) is 22.0 Å². The van der Waals surface area contributed by atoms with Gasteiger partial charge in [-0.1, -0.05) is 19.1 Å². The maximum atomic E-state index is 13.1. The molecule has 2 saturated heterocycles. The van der Waals surface area contributed by atoms with E-state index in [0.29, 0.717) is 31.2 Å². The molecule has 3 rings (SSSR count). The van der Waals surface area contributed by atoms with Gasteiger partial charge in [0.2, 0.25) is 0 Å². The molecule has 1 aromatic carbocycles. The molecular weight excluding hydrogens is 520 g/mol. The maximum absolute atomic E-state index is 13.1. The van der Waals surface area contributed by atoms with Crippen LogP contribution in [0, 0.1) is 5.92 Å². The first-order chi connectivity index (χ1) is 14.4. The second kappa shape index (κ2) is 12.2. The summed E-state index contributed by atoms with van der Waals surface area (Å²) >= 11 is 0. The summed E-state index contributed by atoms with van der Waals surface area (Å²) in [4.78, 5) is 9.47. The molecular formula is C22H34F3IN4O. The number of likely N-dealkylation sites (tertiary alicyclic amines) is 1. The summed E-state index contributed by atoms with van der Waals surface area (Å²) in [5.41, 5.74) is -0.0875. The zero-order valence-corrected chi connectivity index (χ0v) is 20.7. The van der Waals surface area contributed by atoms with Gasteiger partial charge in [-0.15, -0.1) is 24.0 Å². The minimum absolute atomic E-state index is 0. The summed E-state index contributed by atoms with van der Waals surface area (Å²) in [6.45, 7) is 10.7. The highest BCUT2D eigenvalue weighted by Crippen LogP contribution is 2.32. The lowest BCUT2D eigenvalue weighted by Crippen LogP contribution is -2.48. The lowest BCUT2D eigenvalue weighted by molar-refractivity contribution is -0.137. The van der Waals surface area contributed by atoms with Crippen molar-refractivity contribution in [2.24, 2.45) is 10.9 Å². The average molecular weight is 554 g/mol. The molecule has 2 aliphatic heterocycles. The van der Waals surface area contributed by atoms with Crippen LogP contribution in [-0.2, 0) is 10.9 Å². The number of guanidine groups is 1.